The molecule has 0 aliphatic carbocycles. The van der Waals surface area contributed by atoms with E-state index < -0.39 is 42.8 Å². The van der Waals surface area contributed by atoms with Crippen LogP contribution in [0, 0.1) is 5.92 Å². The van der Waals surface area contributed by atoms with E-state index in [9.17, 15) is 31.5 Å². The number of benzene rings is 2. The standard InChI is InChI=1S/C27H22ClF5N4O3/c1-2-22(25(39)34-18-5-6-21-15(8-18)11-37(35-21)26(29)30)36-12-23-20(10-24(36)38)19-9-17(28)4-3-14(19)7-16(13-40-23)27(31,32)33/h3-6,8-12,16,22,26H,2,7,13H2,1H3,(H,34,39). The van der Waals surface area contributed by atoms with E-state index in [1.807, 2.05) is 0 Å². The number of nitrogens with zero attached hydrogens (tertiary/aromatic N) is 3. The molecule has 0 radical (unpaired) electrons. The van der Waals surface area contributed by atoms with E-state index in [2.05, 4.69) is 10.4 Å². The lowest BCUT2D eigenvalue weighted by molar-refractivity contribution is -0.181. The van der Waals surface area contributed by atoms with Crippen LogP contribution >= 0.6 is 11.6 Å². The molecule has 210 valence electrons. The topological polar surface area (TPSA) is 78.2 Å². The number of ether oxygens (including phenoxy) is 1. The average molecular weight is 581 g/mol. The Balaban J connectivity index is 1.50. The van der Waals surface area contributed by atoms with E-state index in [1.54, 1.807) is 6.92 Å². The molecule has 0 saturated carbocycles. The summed E-state index contributed by atoms with van der Waals surface area (Å²) < 4.78 is 74.3. The number of halogens is 6. The summed E-state index contributed by atoms with van der Waals surface area (Å²) >= 11 is 6.14. The number of hydrogen-bond acceptors (Lipinski definition) is 4. The van der Waals surface area contributed by atoms with Crippen molar-refractivity contribution < 1.29 is 31.5 Å². The molecule has 1 aliphatic rings. The van der Waals surface area contributed by atoms with Crippen molar-refractivity contribution >= 4 is 34.1 Å². The van der Waals surface area contributed by atoms with Gasteiger partial charge in [-0.15, -0.1) is 0 Å². The Morgan fingerprint density at radius 1 is 1.15 bits per heavy atom. The molecule has 2 aromatic carbocycles. The number of carbonyl (C=O) groups is 1. The first-order chi connectivity index (χ1) is 18.9. The number of rotatable bonds is 5. The molecule has 0 bridgehead atoms. The third-order valence-electron chi connectivity index (χ3n) is 6.79. The summed E-state index contributed by atoms with van der Waals surface area (Å²) in [5.74, 6) is -2.38. The zero-order valence-corrected chi connectivity index (χ0v) is 21.6. The van der Waals surface area contributed by atoms with Gasteiger partial charge in [-0.2, -0.15) is 27.1 Å². The monoisotopic (exact) mass is 580 g/mol. The third-order valence-corrected chi connectivity index (χ3v) is 7.03. The van der Waals surface area contributed by atoms with Crippen LogP contribution in [0.1, 0.15) is 31.5 Å². The van der Waals surface area contributed by atoms with Crippen LogP contribution < -0.4 is 15.6 Å². The minimum Gasteiger partial charge on any atom is -0.491 e. The van der Waals surface area contributed by atoms with Crippen LogP contribution in [0.4, 0.5) is 27.6 Å². The fourth-order valence-electron chi connectivity index (χ4n) is 4.76. The smallest absolute Gasteiger partial charge is 0.395 e. The molecule has 1 amide bonds. The van der Waals surface area contributed by atoms with E-state index in [4.69, 9.17) is 16.3 Å². The molecule has 4 aromatic rings. The summed E-state index contributed by atoms with van der Waals surface area (Å²) in [7, 11) is 0. The number of alkyl halides is 5. The zero-order valence-electron chi connectivity index (χ0n) is 20.9. The molecular formula is C27H22ClF5N4O3. The minimum absolute atomic E-state index is 0.00384. The molecule has 0 fully saturated rings. The predicted octanol–water partition coefficient (Wildman–Crippen LogP) is 6.62. The van der Waals surface area contributed by atoms with E-state index in [-0.39, 0.29) is 34.9 Å². The fraction of sp³-hybridized carbons (Fsp3) is 0.296. The number of aromatic nitrogens is 3. The van der Waals surface area contributed by atoms with Gasteiger partial charge in [-0.1, -0.05) is 24.6 Å². The molecule has 13 heteroatoms. The van der Waals surface area contributed by atoms with E-state index in [1.165, 1.54) is 48.7 Å². The van der Waals surface area contributed by atoms with Crippen molar-refractivity contribution in [2.24, 2.45) is 5.92 Å². The summed E-state index contributed by atoms with van der Waals surface area (Å²) in [6.07, 6.45) is -2.34. The molecule has 1 N–H and O–H groups in total. The lowest BCUT2D eigenvalue weighted by Crippen LogP contribution is -2.34. The van der Waals surface area contributed by atoms with Gasteiger partial charge >= 0.3 is 12.7 Å². The van der Waals surface area contributed by atoms with Gasteiger partial charge in [-0.3, -0.25) is 14.2 Å². The second kappa shape index (κ2) is 10.6. The van der Waals surface area contributed by atoms with Crippen molar-refractivity contribution in [3.8, 4) is 16.9 Å². The van der Waals surface area contributed by atoms with Gasteiger partial charge < -0.3 is 10.1 Å². The molecule has 2 aromatic heterocycles. The quantitative estimate of drug-likeness (QED) is 0.269. The summed E-state index contributed by atoms with van der Waals surface area (Å²) in [5, 5.41) is 7.08. The Kier molecular flexibility index (Phi) is 7.30. The van der Waals surface area contributed by atoms with Crippen LogP contribution in [0.2, 0.25) is 5.02 Å². The number of hydrogen-bond donors (Lipinski definition) is 1. The Bertz CT molecular complexity index is 1650. The maximum absolute atomic E-state index is 13.7. The van der Waals surface area contributed by atoms with Gasteiger partial charge in [0.15, 0.2) is 0 Å². The van der Waals surface area contributed by atoms with E-state index in [0.717, 1.165) is 10.8 Å². The molecule has 40 heavy (non-hydrogen) atoms. The normalized spacial score (nSPS) is 16.1. The lowest BCUT2D eigenvalue weighted by atomic mass is 9.91. The number of nitrogens with one attached hydrogen (secondary N) is 1. The zero-order chi connectivity index (χ0) is 28.8. The molecule has 1 aliphatic heterocycles. The van der Waals surface area contributed by atoms with Gasteiger partial charge in [0.25, 0.3) is 5.56 Å². The molecule has 0 spiro atoms. The Labute approximate surface area is 229 Å². The third kappa shape index (κ3) is 5.40. The highest BCUT2D eigenvalue weighted by molar-refractivity contribution is 6.30. The first-order valence-corrected chi connectivity index (χ1v) is 12.6. The number of amides is 1. The van der Waals surface area contributed by atoms with Crippen molar-refractivity contribution in [2.75, 3.05) is 11.9 Å². The summed E-state index contributed by atoms with van der Waals surface area (Å²) in [5.41, 5.74) is 1.00. The molecule has 7 nitrogen and oxygen atoms in total. The second-order valence-corrected chi connectivity index (χ2v) is 9.86. The highest BCUT2D eigenvalue weighted by Crippen LogP contribution is 2.40. The van der Waals surface area contributed by atoms with Crippen LogP contribution in [0.25, 0.3) is 22.0 Å². The molecule has 3 heterocycles. The number of carbonyl (C=O) groups excluding carboxylic acids is 1. The summed E-state index contributed by atoms with van der Waals surface area (Å²) in [4.78, 5) is 26.5. The van der Waals surface area contributed by atoms with Gasteiger partial charge in [0.2, 0.25) is 5.91 Å². The van der Waals surface area contributed by atoms with Gasteiger partial charge in [0, 0.05) is 33.9 Å². The highest BCUT2D eigenvalue weighted by Gasteiger charge is 2.41. The number of anilines is 1. The van der Waals surface area contributed by atoms with E-state index >= 15 is 0 Å². The summed E-state index contributed by atoms with van der Waals surface area (Å²) in [6, 6.07) is 9.07. The maximum Gasteiger partial charge on any atom is 0.395 e. The maximum atomic E-state index is 13.7. The van der Waals surface area contributed by atoms with Gasteiger partial charge in [0.1, 0.15) is 18.4 Å². The molecule has 2 unspecified atom stereocenters. The molecular weight excluding hydrogens is 559 g/mol. The lowest BCUT2D eigenvalue weighted by Gasteiger charge is -2.27. The first-order valence-electron chi connectivity index (χ1n) is 12.3. The van der Waals surface area contributed by atoms with Crippen LogP contribution in [-0.2, 0) is 11.2 Å². The first kappa shape index (κ1) is 27.6. The van der Waals surface area contributed by atoms with Crippen LogP contribution in [0.15, 0.2) is 59.7 Å². The van der Waals surface area contributed by atoms with Crippen LogP contribution in [0.3, 0.4) is 0 Å². The Morgan fingerprint density at radius 3 is 2.62 bits per heavy atom. The fourth-order valence-corrected chi connectivity index (χ4v) is 4.93. The van der Waals surface area contributed by atoms with Gasteiger partial charge in [-0.25, -0.2) is 4.68 Å². The molecule has 5 rings (SSSR count). The number of pyridine rings is 1. The molecule has 0 saturated heterocycles. The largest absolute Gasteiger partial charge is 0.491 e. The van der Waals surface area contributed by atoms with Gasteiger partial charge in [-0.05, 0) is 54.3 Å². The Morgan fingerprint density at radius 2 is 1.93 bits per heavy atom. The van der Waals surface area contributed by atoms with Crippen molar-refractivity contribution in [3.63, 3.8) is 0 Å². The van der Waals surface area contributed by atoms with Crippen molar-refractivity contribution in [3.05, 3.63) is 75.8 Å². The predicted molar refractivity (Wildman–Crippen MR) is 139 cm³/mol. The second-order valence-electron chi connectivity index (χ2n) is 9.43. The average Bonchev–Trinajstić information content (AvgIpc) is 3.31. The highest BCUT2D eigenvalue weighted by atomic mass is 35.5. The van der Waals surface area contributed by atoms with Crippen LogP contribution in [-0.4, -0.2) is 33.0 Å². The van der Waals surface area contributed by atoms with E-state index in [0.29, 0.717) is 26.7 Å². The minimum atomic E-state index is -4.53. The van der Waals surface area contributed by atoms with Gasteiger partial charge in [0.05, 0.1) is 17.6 Å². The van der Waals surface area contributed by atoms with Crippen molar-refractivity contribution in [1.82, 2.24) is 14.3 Å². The van der Waals surface area contributed by atoms with Crippen molar-refractivity contribution in [2.45, 2.75) is 38.5 Å². The van der Waals surface area contributed by atoms with Crippen LogP contribution in [0.5, 0.6) is 5.75 Å². The number of fused-ring (bicyclic) bond motifs is 4. The van der Waals surface area contributed by atoms with Crippen molar-refractivity contribution in [1.29, 1.82) is 0 Å². The SMILES string of the molecule is CCC(C(=O)Nc1ccc2nn(C(F)F)cc2c1)n1cc2c(cc1=O)-c1cc(Cl)ccc1CC(C(F)(F)F)CO2. The summed E-state index contributed by atoms with van der Waals surface area (Å²) in [6.45, 7) is -1.83. The molecule has 2 atom stereocenters. The Hall–Kier alpha value is -3.93.